The Hall–Kier alpha value is -1.35. The topological polar surface area (TPSA) is 66.4 Å². The van der Waals surface area contributed by atoms with Gasteiger partial charge in [0.05, 0.1) is 11.3 Å². The van der Waals surface area contributed by atoms with Crippen molar-refractivity contribution < 1.29 is 31.1 Å². The summed E-state index contributed by atoms with van der Waals surface area (Å²) in [7, 11) is -3.83. The van der Waals surface area contributed by atoms with Crippen molar-refractivity contribution in [1.29, 1.82) is 0 Å². The van der Waals surface area contributed by atoms with Gasteiger partial charge in [-0.25, -0.2) is 12.8 Å². The summed E-state index contributed by atoms with van der Waals surface area (Å²) in [6, 6.07) is 1.86. The van der Waals surface area contributed by atoms with E-state index >= 15 is 0 Å². The number of hydrogen-bond acceptors (Lipinski definition) is 3. The van der Waals surface area contributed by atoms with Crippen LogP contribution in [0, 0.1) is 5.82 Å². The number of alkyl halides is 3. The minimum atomic E-state index is -4.90. The zero-order chi connectivity index (χ0) is 15.4. The number of rotatable bonds is 6. The maximum atomic E-state index is 13.0. The Labute approximate surface area is 113 Å². The molecule has 0 saturated heterocycles. The first-order valence-electron chi connectivity index (χ1n) is 5.64. The predicted octanol–water partition coefficient (Wildman–Crippen LogP) is 2.36. The second kappa shape index (κ2) is 6.40. The molecule has 114 valence electrons. The summed E-state index contributed by atoms with van der Waals surface area (Å²) in [5.41, 5.74) is -1.89. The first kappa shape index (κ1) is 16.7. The summed E-state index contributed by atoms with van der Waals surface area (Å²) in [6.45, 7) is -0.176. The minimum absolute atomic E-state index is 0.166. The molecule has 0 radical (unpaired) electrons. The minimum Gasteiger partial charge on any atom is -0.396 e. The first-order chi connectivity index (χ1) is 9.15. The Balaban J connectivity index is 2.88. The number of unbranched alkanes of at least 4 members (excludes halogenated alkanes) is 1. The van der Waals surface area contributed by atoms with Crippen molar-refractivity contribution in [3.05, 3.63) is 29.6 Å². The highest BCUT2D eigenvalue weighted by Gasteiger charge is 2.34. The fourth-order valence-electron chi connectivity index (χ4n) is 1.44. The molecular weight excluding hydrogens is 302 g/mol. The van der Waals surface area contributed by atoms with Gasteiger partial charge in [-0.05, 0) is 31.0 Å². The van der Waals surface area contributed by atoms with Gasteiger partial charge >= 0.3 is 6.18 Å². The summed E-state index contributed by atoms with van der Waals surface area (Å²) in [4.78, 5) is 0. The van der Waals surface area contributed by atoms with Gasteiger partial charge < -0.3 is 5.11 Å². The second-order valence-corrected chi connectivity index (χ2v) is 5.89. The molecule has 0 aliphatic carbocycles. The van der Waals surface area contributed by atoms with Crippen molar-refractivity contribution in [1.82, 2.24) is 0 Å². The van der Waals surface area contributed by atoms with Crippen LogP contribution in [0.3, 0.4) is 0 Å². The molecule has 0 fully saturated rings. The van der Waals surface area contributed by atoms with E-state index in [9.17, 15) is 26.0 Å². The standard InChI is InChI=1S/C11H13F4NO3S/c12-10-4-3-8(7-9(10)11(13,14)15)16-20(18,19)6-2-1-5-17/h3-4,7,16-17H,1-2,5-6H2. The van der Waals surface area contributed by atoms with E-state index in [1.165, 1.54) is 0 Å². The number of aliphatic hydroxyl groups excluding tert-OH is 1. The van der Waals surface area contributed by atoms with Crippen molar-refractivity contribution in [3.63, 3.8) is 0 Å². The van der Waals surface area contributed by atoms with E-state index < -0.39 is 27.6 Å². The van der Waals surface area contributed by atoms with Crippen LogP contribution < -0.4 is 4.72 Å². The molecular formula is C11H13F4NO3S. The number of sulfonamides is 1. The van der Waals surface area contributed by atoms with Crippen LogP contribution in [0.25, 0.3) is 0 Å². The summed E-state index contributed by atoms with van der Waals surface area (Å²) in [5, 5.41) is 8.53. The van der Waals surface area contributed by atoms with Crippen molar-refractivity contribution in [2.45, 2.75) is 19.0 Å². The summed E-state index contributed by atoms with van der Waals surface area (Å²) >= 11 is 0. The van der Waals surface area contributed by atoms with Gasteiger partial charge in [0.2, 0.25) is 10.0 Å². The predicted molar refractivity (Wildman–Crippen MR) is 65.1 cm³/mol. The van der Waals surface area contributed by atoms with Gasteiger partial charge in [0.25, 0.3) is 0 Å². The van der Waals surface area contributed by atoms with E-state index in [0.29, 0.717) is 12.1 Å². The smallest absolute Gasteiger partial charge is 0.396 e. The highest BCUT2D eigenvalue weighted by Crippen LogP contribution is 2.33. The van der Waals surface area contributed by atoms with Gasteiger partial charge in [-0.2, -0.15) is 13.2 Å². The number of anilines is 1. The van der Waals surface area contributed by atoms with E-state index in [1.54, 1.807) is 0 Å². The summed E-state index contributed by atoms with van der Waals surface area (Å²) in [5.74, 6) is -1.81. The molecule has 0 bridgehead atoms. The number of hydrogen-bond donors (Lipinski definition) is 2. The number of aliphatic hydroxyl groups is 1. The monoisotopic (exact) mass is 315 g/mol. The molecule has 1 aromatic rings. The Morgan fingerprint density at radius 3 is 2.40 bits per heavy atom. The lowest BCUT2D eigenvalue weighted by Gasteiger charge is -2.12. The van der Waals surface area contributed by atoms with Gasteiger partial charge in [0, 0.05) is 12.3 Å². The van der Waals surface area contributed by atoms with Gasteiger partial charge in [-0.15, -0.1) is 0 Å². The first-order valence-corrected chi connectivity index (χ1v) is 7.29. The highest BCUT2D eigenvalue weighted by molar-refractivity contribution is 7.92. The van der Waals surface area contributed by atoms with Gasteiger partial charge in [-0.3, -0.25) is 4.72 Å². The molecule has 0 unspecified atom stereocenters. The molecule has 9 heteroatoms. The van der Waals surface area contributed by atoms with Crippen LogP contribution in [-0.2, 0) is 16.2 Å². The molecule has 0 saturated carbocycles. The average Bonchev–Trinajstić information content (AvgIpc) is 2.30. The van der Waals surface area contributed by atoms with Gasteiger partial charge in [0.1, 0.15) is 5.82 Å². The zero-order valence-electron chi connectivity index (χ0n) is 10.2. The molecule has 1 aromatic carbocycles. The normalized spacial score (nSPS) is 12.4. The van der Waals surface area contributed by atoms with Crippen LogP contribution in [0.4, 0.5) is 23.2 Å². The lowest BCUT2D eigenvalue weighted by molar-refractivity contribution is -0.139. The van der Waals surface area contributed by atoms with Gasteiger partial charge in [-0.1, -0.05) is 0 Å². The van der Waals surface area contributed by atoms with Crippen molar-refractivity contribution in [3.8, 4) is 0 Å². The van der Waals surface area contributed by atoms with Crippen LogP contribution >= 0.6 is 0 Å². The van der Waals surface area contributed by atoms with Crippen molar-refractivity contribution in [2.24, 2.45) is 0 Å². The molecule has 20 heavy (non-hydrogen) atoms. The summed E-state index contributed by atoms with van der Waals surface area (Å²) in [6.07, 6.45) is -4.47. The molecule has 2 N–H and O–H groups in total. The number of nitrogens with one attached hydrogen (secondary N) is 1. The average molecular weight is 315 g/mol. The molecule has 0 aromatic heterocycles. The lowest BCUT2D eigenvalue weighted by Crippen LogP contribution is -2.18. The Kier molecular flexibility index (Phi) is 5.35. The summed E-state index contributed by atoms with van der Waals surface area (Å²) < 4.78 is 75.5. The van der Waals surface area contributed by atoms with E-state index in [2.05, 4.69) is 0 Å². The van der Waals surface area contributed by atoms with E-state index in [1.807, 2.05) is 4.72 Å². The van der Waals surface area contributed by atoms with E-state index in [0.717, 1.165) is 6.07 Å². The van der Waals surface area contributed by atoms with Crippen molar-refractivity contribution >= 4 is 15.7 Å². The van der Waals surface area contributed by atoms with Crippen LogP contribution in [0.2, 0.25) is 0 Å². The largest absolute Gasteiger partial charge is 0.419 e. The van der Waals surface area contributed by atoms with Crippen LogP contribution in [0.5, 0.6) is 0 Å². The molecule has 0 aliphatic heterocycles. The SMILES string of the molecule is O=S(=O)(CCCCO)Nc1ccc(F)c(C(F)(F)F)c1. The van der Waals surface area contributed by atoms with Crippen LogP contribution in [-0.4, -0.2) is 25.9 Å². The van der Waals surface area contributed by atoms with Crippen LogP contribution in [0.15, 0.2) is 18.2 Å². The molecule has 0 atom stereocenters. The van der Waals surface area contributed by atoms with E-state index in [-0.39, 0.29) is 30.9 Å². The maximum absolute atomic E-state index is 13.0. The second-order valence-electron chi connectivity index (χ2n) is 4.04. The molecule has 0 heterocycles. The molecule has 0 spiro atoms. The third-order valence-corrected chi connectivity index (χ3v) is 3.74. The Morgan fingerprint density at radius 2 is 1.85 bits per heavy atom. The zero-order valence-corrected chi connectivity index (χ0v) is 11.1. The number of halogens is 4. The molecule has 4 nitrogen and oxygen atoms in total. The third-order valence-electron chi connectivity index (χ3n) is 2.37. The maximum Gasteiger partial charge on any atom is 0.419 e. The third kappa shape index (κ3) is 4.97. The van der Waals surface area contributed by atoms with Crippen molar-refractivity contribution in [2.75, 3.05) is 17.1 Å². The molecule has 0 amide bonds. The Bertz CT molecular complexity index is 557. The van der Waals surface area contributed by atoms with Gasteiger partial charge in [0.15, 0.2) is 0 Å². The molecule has 1 rings (SSSR count). The quantitative estimate of drug-likeness (QED) is 0.625. The Morgan fingerprint density at radius 1 is 1.20 bits per heavy atom. The highest BCUT2D eigenvalue weighted by atomic mass is 32.2. The van der Waals surface area contributed by atoms with E-state index in [4.69, 9.17) is 5.11 Å². The number of benzene rings is 1. The fraction of sp³-hybridized carbons (Fsp3) is 0.455. The molecule has 0 aliphatic rings. The van der Waals surface area contributed by atoms with Crippen LogP contribution in [0.1, 0.15) is 18.4 Å². The fourth-order valence-corrected chi connectivity index (χ4v) is 2.61. The lowest BCUT2D eigenvalue weighted by atomic mass is 10.2.